The van der Waals surface area contributed by atoms with Gasteiger partial charge in [-0.3, -0.25) is 9.78 Å². The van der Waals surface area contributed by atoms with Crippen molar-refractivity contribution in [1.29, 1.82) is 0 Å². The minimum absolute atomic E-state index is 0.174. The molecule has 0 bridgehead atoms. The monoisotopic (exact) mass is 439 g/mol. The minimum Gasteiger partial charge on any atom is -0.351 e. The maximum absolute atomic E-state index is 12.5. The predicted octanol–water partition coefficient (Wildman–Crippen LogP) is 1.99. The van der Waals surface area contributed by atoms with Crippen LogP contribution in [0.2, 0.25) is 0 Å². The van der Waals surface area contributed by atoms with Gasteiger partial charge in [0.1, 0.15) is 5.69 Å². The predicted molar refractivity (Wildman–Crippen MR) is 110 cm³/mol. The van der Waals surface area contributed by atoms with Gasteiger partial charge in [-0.25, -0.2) is 8.42 Å². The summed E-state index contributed by atoms with van der Waals surface area (Å²) in [6, 6.07) is 9.93. The number of rotatable bonds is 10. The third kappa shape index (κ3) is 6.09. The summed E-state index contributed by atoms with van der Waals surface area (Å²) in [7, 11) is -9.24. The number of amides is 1. The Morgan fingerprint density at radius 3 is 2.31 bits per heavy atom. The number of pyridine rings is 1. The SMILES string of the molecule is CCCC(CCNC(=O)c1ccccn1)NS(=O)(=O)S(=O)(=O)c1ccc(C)cc1. The van der Waals surface area contributed by atoms with Crippen LogP contribution in [-0.4, -0.2) is 40.3 Å². The van der Waals surface area contributed by atoms with E-state index in [0.717, 1.165) is 5.56 Å². The molecule has 1 atom stereocenters. The van der Waals surface area contributed by atoms with E-state index in [2.05, 4.69) is 15.0 Å². The second kappa shape index (κ2) is 9.95. The van der Waals surface area contributed by atoms with Crippen molar-refractivity contribution in [3.8, 4) is 0 Å². The van der Waals surface area contributed by atoms with Crippen molar-refractivity contribution in [1.82, 2.24) is 15.0 Å². The number of hydrogen-bond acceptors (Lipinski definition) is 6. The molecule has 8 nitrogen and oxygen atoms in total. The molecule has 0 aliphatic rings. The molecule has 2 N–H and O–H groups in total. The highest BCUT2D eigenvalue weighted by molar-refractivity contribution is 8.66. The van der Waals surface area contributed by atoms with E-state index in [1.165, 1.54) is 18.3 Å². The molecule has 0 radical (unpaired) electrons. The van der Waals surface area contributed by atoms with E-state index in [1.807, 2.05) is 6.92 Å². The van der Waals surface area contributed by atoms with Crippen molar-refractivity contribution in [2.24, 2.45) is 0 Å². The second-order valence-electron chi connectivity index (χ2n) is 6.58. The van der Waals surface area contributed by atoms with Gasteiger partial charge in [-0.05, 0) is 44.0 Å². The molecular weight excluding hydrogens is 414 g/mol. The Morgan fingerprint density at radius 2 is 1.72 bits per heavy atom. The van der Waals surface area contributed by atoms with Gasteiger partial charge in [0, 0.05) is 18.8 Å². The number of aromatic nitrogens is 1. The molecule has 1 heterocycles. The van der Waals surface area contributed by atoms with Gasteiger partial charge in [-0.15, -0.1) is 0 Å². The Hall–Kier alpha value is -2.30. The fourth-order valence-electron chi connectivity index (χ4n) is 2.66. The van der Waals surface area contributed by atoms with Crippen molar-refractivity contribution in [2.45, 2.75) is 44.0 Å². The van der Waals surface area contributed by atoms with Crippen molar-refractivity contribution >= 4 is 23.8 Å². The highest BCUT2D eigenvalue weighted by Crippen LogP contribution is 2.18. The molecule has 0 aliphatic carbocycles. The summed E-state index contributed by atoms with van der Waals surface area (Å²) < 4.78 is 52.5. The molecule has 10 heteroatoms. The zero-order valence-electron chi connectivity index (χ0n) is 16.3. The first kappa shape index (κ1) is 23.0. The summed E-state index contributed by atoms with van der Waals surface area (Å²) in [5, 5.41) is 2.66. The molecule has 0 fully saturated rings. The lowest BCUT2D eigenvalue weighted by Gasteiger charge is -2.18. The second-order valence-corrected chi connectivity index (χ2v) is 11.7. The highest BCUT2D eigenvalue weighted by atomic mass is 33.2. The average Bonchev–Trinajstić information content (AvgIpc) is 2.68. The van der Waals surface area contributed by atoms with Crippen LogP contribution in [0.4, 0.5) is 0 Å². The van der Waals surface area contributed by atoms with Crippen molar-refractivity contribution in [2.75, 3.05) is 6.54 Å². The first-order valence-electron chi connectivity index (χ1n) is 9.20. The van der Waals surface area contributed by atoms with Gasteiger partial charge in [-0.2, -0.15) is 13.1 Å². The lowest BCUT2D eigenvalue weighted by atomic mass is 10.1. The van der Waals surface area contributed by atoms with Crippen molar-refractivity contribution < 1.29 is 21.6 Å². The Balaban J connectivity index is 2.04. The number of nitrogens with zero attached hydrogens (tertiary/aromatic N) is 1. The summed E-state index contributed by atoms with van der Waals surface area (Å²) in [6.07, 6.45) is 2.82. The van der Waals surface area contributed by atoms with Gasteiger partial charge in [-0.1, -0.05) is 37.1 Å². The largest absolute Gasteiger partial charge is 0.351 e. The first-order chi connectivity index (χ1) is 13.7. The molecule has 29 heavy (non-hydrogen) atoms. The summed E-state index contributed by atoms with van der Waals surface area (Å²) in [6.45, 7) is 3.81. The topological polar surface area (TPSA) is 122 Å². The Morgan fingerprint density at radius 1 is 1.03 bits per heavy atom. The molecule has 2 rings (SSSR count). The zero-order valence-corrected chi connectivity index (χ0v) is 18.0. The molecule has 0 saturated carbocycles. The Labute approximate surface area is 171 Å². The molecule has 1 aromatic heterocycles. The fourth-order valence-corrected chi connectivity index (χ4v) is 6.03. The van der Waals surface area contributed by atoms with Gasteiger partial charge < -0.3 is 5.32 Å². The van der Waals surface area contributed by atoms with Crippen molar-refractivity contribution in [3.05, 3.63) is 59.9 Å². The molecule has 0 aliphatic heterocycles. The smallest absolute Gasteiger partial charge is 0.322 e. The van der Waals surface area contributed by atoms with Crippen LogP contribution in [0.25, 0.3) is 0 Å². The standard InChI is InChI=1S/C19H25N3O5S2/c1-3-6-16(12-14-21-19(23)18-7-4-5-13-20-18)22-29(26,27)28(24,25)17-10-8-15(2)9-11-17/h4-5,7-11,13,16,22H,3,6,12,14H2,1-2H3,(H,21,23). The van der Waals surface area contributed by atoms with Gasteiger partial charge in [0.15, 0.2) is 0 Å². The number of hydrogen-bond donors (Lipinski definition) is 2. The van der Waals surface area contributed by atoms with Gasteiger partial charge in [0.2, 0.25) is 0 Å². The van der Waals surface area contributed by atoms with Crippen LogP contribution in [0, 0.1) is 6.92 Å². The van der Waals surface area contributed by atoms with Crippen molar-refractivity contribution in [3.63, 3.8) is 0 Å². The molecular formula is C19H25N3O5S2. The van der Waals surface area contributed by atoms with E-state index in [0.29, 0.717) is 12.8 Å². The number of carbonyl (C=O) groups excluding carboxylic acids is 1. The van der Waals surface area contributed by atoms with E-state index in [9.17, 15) is 21.6 Å². The van der Waals surface area contributed by atoms with Gasteiger partial charge in [0.05, 0.1) is 4.90 Å². The molecule has 1 aromatic carbocycles. The van der Waals surface area contributed by atoms with Crippen LogP contribution in [-0.2, 0) is 17.9 Å². The first-order valence-corrected chi connectivity index (χ1v) is 12.7. The average molecular weight is 440 g/mol. The van der Waals surface area contributed by atoms with Crippen LogP contribution in [0.3, 0.4) is 0 Å². The summed E-state index contributed by atoms with van der Waals surface area (Å²) in [5.74, 6) is -0.379. The molecule has 0 saturated heterocycles. The third-order valence-electron chi connectivity index (χ3n) is 4.22. The van der Waals surface area contributed by atoms with E-state index in [-0.39, 0.29) is 29.5 Å². The Kier molecular flexibility index (Phi) is 7.88. The van der Waals surface area contributed by atoms with E-state index < -0.39 is 24.0 Å². The third-order valence-corrected chi connectivity index (χ3v) is 8.87. The molecule has 2 aromatic rings. The number of nitrogens with one attached hydrogen (secondary N) is 2. The lowest BCUT2D eigenvalue weighted by Crippen LogP contribution is -2.41. The zero-order chi connectivity index (χ0) is 21.5. The van der Waals surface area contributed by atoms with E-state index in [1.54, 1.807) is 37.3 Å². The number of carbonyl (C=O) groups is 1. The van der Waals surface area contributed by atoms with Crippen LogP contribution < -0.4 is 10.0 Å². The van der Waals surface area contributed by atoms with E-state index in [4.69, 9.17) is 0 Å². The van der Waals surface area contributed by atoms with Gasteiger partial charge >= 0.3 is 9.06 Å². The number of benzene rings is 1. The van der Waals surface area contributed by atoms with Crippen LogP contribution >= 0.6 is 0 Å². The number of aryl methyl sites for hydroxylation is 1. The fraction of sp³-hybridized carbons (Fsp3) is 0.368. The summed E-state index contributed by atoms with van der Waals surface area (Å²) in [4.78, 5) is 15.7. The summed E-state index contributed by atoms with van der Waals surface area (Å²) in [5.41, 5.74) is 1.07. The van der Waals surface area contributed by atoms with Gasteiger partial charge in [0.25, 0.3) is 14.8 Å². The van der Waals surface area contributed by atoms with Crippen LogP contribution in [0.15, 0.2) is 53.6 Å². The summed E-state index contributed by atoms with van der Waals surface area (Å²) >= 11 is 0. The molecule has 1 unspecified atom stereocenters. The quantitative estimate of drug-likeness (QED) is 0.546. The minimum atomic E-state index is -4.65. The van der Waals surface area contributed by atoms with Crippen LogP contribution in [0.5, 0.6) is 0 Å². The Bertz CT molecular complexity index is 1020. The molecule has 158 valence electrons. The molecule has 0 spiro atoms. The van der Waals surface area contributed by atoms with E-state index >= 15 is 0 Å². The van der Waals surface area contributed by atoms with Crippen LogP contribution in [0.1, 0.15) is 42.2 Å². The lowest BCUT2D eigenvalue weighted by molar-refractivity contribution is 0.0947. The highest BCUT2D eigenvalue weighted by Gasteiger charge is 2.33. The normalized spacial score (nSPS) is 13.0. The maximum Gasteiger partial charge on any atom is 0.322 e. The maximum atomic E-state index is 12.5. The molecule has 1 amide bonds.